The number of aromatic nitrogens is 2. The smallest absolute Gasteiger partial charge is 0.149 e. The van der Waals surface area contributed by atoms with E-state index in [0.717, 1.165) is 18.9 Å². The summed E-state index contributed by atoms with van der Waals surface area (Å²) in [6.45, 7) is 6.36. The largest absolute Gasteiger partial charge is 0.363 e. The van der Waals surface area contributed by atoms with E-state index in [1.165, 1.54) is 5.56 Å². The predicted octanol–water partition coefficient (Wildman–Crippen LogP) is 0.984. The van der Waals surface area contributed by atoms with Crippen molar-refractivity contribution in [1.82, 2.24) is 15.5 Å². The Kier molecular flexibility index (Phi) is 2.63. The van der Waals surface area contributed by atoms with Gasteiger partial charge in [-0.05, 0) is 17.5 Å². The van der Waals surface area contributed by atoms with Crippen molar-refractivity contribution >= 4 is 5.82 Å². The maximum absolute atomic E-state index is 4.05. The highest BCUT2D eigenvalue weighted by molar-refractivity contribution is 5.38. The summed E-state index contributed by atoms with van der Waals surface area (Å²) in [5, 5.41) is 14.6. The number of hydrogen-bond donors (Lipinski definition) is 2. The van der Waals surface area contributed by atoms with Crippen LogP contribution in [0.3, 0.4) is 0 Å². The van der Waals surface area contributed by atoms with Crippen molar-refractivity contribution in [1.29, 1.82) is 0 Å². The Hall–Kier alpha value is -1.16. The van der Waals surface area contributed by atoms with Crippen LogP contribution in [0.1, 0.15) is 25.3 Å². The zero-order valence-electron chi connectivity index (χ0n) is 8.62. The Morgan fingerprint density at radius 2 is 2.29 bits per heavy atom. The molecule has 14 heavy (non-hydrogen) atoms. The normalized spacial score (nSPS) is 16.8. The lowest BCUT2D eigenvalue weighted by molar-refractivity contribution is 0.470. The highest BCUT2D eigenvalue weighted by Gasteiger charge is 2.16. The van der Waals surface area contributed by atoms with Crippen LogP contribution in [0.4, 0.5) is 5.82 Å². The van der Waals surface area contributed by atoms with E-state index in [-0.39, 0.29) is 0 Å². The summed E-state index contributed by atoms with van der Waals surface area (Å²) in [5.41, 5.74) is 1.23. The first-order chi connectivity index (χ1) is 6.75. The summed E-state index contributed by atoms with van der Waals surface area (Å²) in [4.78, 5) is 0. The van der Waals surface area contributed by atoms with Crippen LogP contribution in [-0.2, 0) is 0 Å². The molecule has 2 heterocycles. The van der Waals surface area contributed by atoms with Crippen LogP contribution in [0.15, 0.2) is 12.3 Å². The molecule has 1 fully saturated rings. The Morgan fingerprint density at radius 1 is 1.50 bits per heavy atom. The van der Waals surface area contributed by atoms with Gasteiger partial charge in [-0.25, -0.2) is 0 Å². The average Bonchev–Trinajstić information content (AvgIpc) is 2.12. The monoisotopic (exact) mass is 192 g/mol. The minimum absolute atomic E-state index is 0.505. The SMILES string of the molecule is CC(C)c1cnnc(NC2CNC2)c1. The van der Waals surface area contributed by atoms with Gasteiger partial charge in [0.25, 0.3) is 0 Å². The Bertz CT molecular complexity index is 307. The van der Waals surface area contributed by atoms with Gasteiger partial charge >= 0.3 is 0 Å². The molecule has 2 N–H and O–H groups in total. The molecule has 0 bridgehead atoms. The predicted molar refractivity (Wildman–Crippen MR) is 56.4 cm³/mol. The van der Waals surface area contributed by atoms with Gasteiger partial charge in [0.2, 0.25) is 0 Å². The second-order valence-corrected chi connectivity index (χ2v) is 4.03. The summed E-state index contributed by atoms with van der Waals surface area (Å²) in [6.07, 6.45) is 1.83. The first-order valence-corrected chi connectivity index (χ1v) is 5.05. The number of rotatable bonds is 3. The van der Waals surface area contributed by atoms with Crippen molar-refractivity contribution in [2.45, 2.75) is 25.8 Å². The molecular weight excluding hydrogens is 176 g/mol. The van der Waals surface area contributed by atoms with Crippen LogP contribution >= 0.6 is 0 Å². The minimum atomic E-state index is 0.505. The molecular formula is C10H16N4. The highest BCUT2D eigenvalue weighted by Crippen LogP contribution is 2.15. The molecule has 76 valence electrons. The molecule has 0 aliphatic carbocycles. The van der Waals surface area contributed by atoms with E-state index >= 15 is 0 Å². The highest BCUT2D eigenvalue weighted by atomic mass is 15.2. The zero-order valence-corrected chi connectivity index (χ0v) is 8.62. The van der Waals surface area contributed by atoms with Crippen LogP contribution in [0.5, 0.6) is 0 Å². The molecule has 0 atom stereocenters. The second-order valence-electron chi connectivity index (χ2n) is 4.03. The molecule has 4 heteroatoms. The van der Waals surface area contributed by atoms with E-state index < -0.39 is 0 Å². The van der Waals surface area contributed by atoms with Gasteiger partial charge in [-0.1, -0.05) is 13.8 Å². The van der Waals surface area contributed by atoms with Gasteiger partial charge in [-0.2, -0.15) is 5.10 Å². The number of nitrogens with zero attached hydrogens (tertiary/aromatic N) is 2. The lowest BCUT2D eigenvalue weighted by atomic mass is 10.1. The van der Waals surface area contributed by atoms with Gasteiger partial charge in [-0.3, -0.25) is 0 Å². The maximum atomic E-state index is 4.05. The second kappa shape index (κ2) is 3.92. The third kappa shape index (κ3) is 2.01. The van der Waals surface area contributed by atoms with Gasteiger partial charge in [0.05, 0.1) is 12.2 Å². The van der Waals surface area contributed by atoms with Gasteiger partial charge in [0.1, 0.15) is 5.82 Å². The van der Waals surface area contributed by atoms with Crippen molar-refractivity contribution in [3.8, 4) is 0 Å². The van der Waals surface area contributed by atoms with Crippen LogP contribution in [0.25, 0.3) is 0 Å². The van der Waals surface area contributed by atoms with Crippen LogP contribution < -0.4 is 10.6 Å². The number of anilines is 1. The molecule has 1 aliphatic heterocycles. The van der Waals surface area contributed by atoms with E-state index in [0.29, 0.717) is 12.0 Å². The van der Waals surface area contributed by atoms with Crippen LogP contribution in [0.2, 0.25) is 0 Å². The van der Waals surface area contributed by atoms with Gasteiger partial charge in [0.15, 0.2) is 0 Å². The molecule has 1 saturated heterocycles. The van der Waals surface area contributed by atoms with E-state index in [9.17, 15) is 0 Å². The fraction of sp³-hybridized carbons (Fsp3) is 0.600. The molecule has 1 aromatic heterocycles. The summed E-state index contributed by atoms with van der Waals surface area (Å²) in [6, 6.07) is 2.60. The molecule has 1 aliphatic rings. The summed E-state index contributed by atoms with van der Waals surface area (Å²) >= 11 is 0. The number of nitrogens with one attached hydrogen (secondary N) is 2. The summed E-state index contributed by atoms with van der Waals surface area (Å²) in [5.74, 6) is 1.40. The van der Waals surface area contributed by atoms with Crippen molar-refractivity contribution < 1.29 is 0 Å². The van der Waals surface area contributed by atoms with Gasteiger partial charge in [-0.15, -0.1) is 5.10 Å². The Morgan fingerprint density at radius 3 is 2.86 bits per heavy atom. The maximum Gasteiger partial charge on any atom is 0.149 e. The summed E-state index contributed by atoms with van der Waals surface area (Å²) < 4.78 is 0. The minimum Gasteiger partial charge on any atom is -0.363 e. The standard InChI is InChI=1S/C10H16N4/c1-7(2)8-3-10(14-12-4-8)13-9-5-11-6-9/h3-4,7,9,11H,5-6H2,1-2H3,(H,13,14). The molecule has 0 saturated carbocycles. The van der Waals surface area contributed by atoms with Crippen molar-refractivity contribution in [2.24, 2.45) is 0 Å². The quantitative estimate of drug-likeness (QED) is 0.749. The molecule has 1 aromatic rings. The van der Waals surface area contributed by atoms with E-state index in [1.807, 2.05) is 6.20 Å². The molecule has 0 amide bonds. The lowest BCUT2D eigenvalue weighted by Crippen LogP contribution is -2.51. The van der Waals surface area contributed by atoms with Crippen molar-refractivity contribution in [2.75, 3.05) is 18.4 Å². The molecule has 0 unspecified atom stereocenters. The molecule has 0 spiro atoms. The fourth-order valence-corrected chi connectivity index (χ4v) is 1.37. The lowest BCUT2D eigenvalue weighted by Gasteiger charge is -2.28. The number of hydrogen-bond acceptors (Lipinski definition) is 4. The molecule has 2 rings (SSSR count). The Labute approximate surface area is 84.1 Å². The summed E-state index contributed by atoms with van der Waals surface area (Å²) in [7, 11) is 0. The van der Waals surface area contributed by atoms with Gasteiger partial charge in [0, 0.05) is 13.1 Å². The third-order valence-electron chi connectivity index (χ3n) is 2.48. The van der Waals surface area contributed by atoms with E-state index in [4.69, 9.17) is 0 Å². The van der Waals surface area contributed by atoms with E-state index in [2.05, 4.69) is 40.7 Å². The molecule has 0 aromatic carbocycles. The molecule has 0 radical (unpaired) electrons. The zero-order chi connectivity index (χ0) is 9.97. The Balaban J connectivity index is 2.05. The first kappa shape index (κ1) is 9.40. The topological polar surface area (TPSA) is 49.8 Å². The molecule has 4 nitrogen and oxygen atoms in total. The van der Waals surface area contributed by atoms with Gasteiger partial charge < -0.3 is 10.6 Å². The van der Waals surface area contributed by atoms with Crippen molar-refractivity contribution in [3.63, 3.8) is 0 Å². The first-order valence-electron chi connectivity index (χ1n) is 5.05. The fourth-order valence-electron chi connectivity index (χ4n) is 1.37. The van der Waals surface area contributed by atoms with Crippen LogP contribution in [0, 0.1) is 0 Å². The van der Waals surface area contributed by atoms with Crippen LogP contribution in [-0.4, -0.2) is 29.3 Å². The van der Waals surface area contributed by atoms with E-state index in [1.54, 1.807) is 0 Å². The third-order valence-corrected chi connectivity index (χ3v) is 2.48. The average molecular weight is 192 g/mol. The van der Waals surface area contributed by atoms with Crippen molar-refractivity contribution in [3.05, 3.63) is 17.8 Å².